The molecule has 29 heavy (non-hydrogen) atoms. The number of amides is 2. The minimum Gasteiger partial charge on any atom is -0.493 e. The van der Waals surface area contributed by atoms with Crippen LogP contribution in [0.15, 0.2) is 48.5 Å². The Morgan fingerprint density at radius 3 is 2.38 bits per heavy atom. The highest BCUT2D eigenvalue weighted by Crippen LogP contribution is 2.23. The summed E-state index contributed by atoms with van der Waals surface area (Å²) in [6.07, 6.45) is 6.40. The van der Waals surface area contributed by atoms with Crippen LogP contribution in [0.1, 0.15) is 66.2 Å². The van der Waals surface area contributed by atoms with Gasteiger partial charge >= 0.3 is 0 Å². The van der Waals surface area contributed by atoms with Gasteiger partial charge in [-0.25, -0.2) is 0 Å². The number of hydrogen-bond acceptors (Lipinski definition) is 3. The van der Waals surface area contributed by atoms with Crippen LogP contribution >= 0.6 is 0 Å². The molecular weight excluding hydrogens is 364 g/mol. The highest BCUT2D eigenvalue weighted by molar-refractivity contribution is 6.10. The number of para-hydroxylation sites is 2. The smallest absolute Gasteiger partial charge is 0.259 e. The summed E-state index contributed by atoms with van der Waals surface area (Å²) < 4.78 is 5.83. The molecular formula is C24H30N2O3. The molecule has 2 aromatic rings. The number of likely N-dealkylation sites (tertiary alicyclic amines) is 1. The number of carbonyl (C=O) groups is 2. The number of nitrogens with zero attached hydrogens (tertiary/aromatic N) is 1. The lowest BCUT2D eigenvalue weighted by molar-refractivity contribution is 0.0725. The van der Waals surface area contributed by atoms with E-state index in [4.69, 9.17) is 4.74 Å². The molecule has 1 heterocycles. The maximum Gasteiger partial charge on any atom is 0.259 e. The summed E-state index contributed by atoms with van der Waals surface area (Å²) in [7, 11) is 0. The van der Waals surface area contributed by atoms with Crippen LogP contribution in [0, 0.1) is 0 Å². The van der Waals surface area contributed by atoms with E-state index in [0.717, 1.165) is 51.6 Å². The van der Waals surface area contributed by atoms with E-state index in [0.29, 0.717) is 29.2 Å². The third kappa shape index (κ3) is 5.59. The van der Waals surface area contributed by atoms with Crippen LogP contribution in [0.5, 0.6) is 5.75 Å². The number of piperidine rings is 1. The molecule has 0 atom stereocenters. The molecule has 1 N–H and O–H groups in total. The average molecular weight is 395 g/mol. The molecule has 0 spiro atoms. The van der Waals surface area contributed by atoms with Gasteiger partial charge in [0.2, 0.25) is 0 Å². The number of unbranched alkanes of at least 4 members (excludes halogenated alkanes) is 2. The summed E-state index contributed by atoms with van der Waals surface area (Å²) >= 11 is 0. The Hall–Kier alpha value is -2.82. The second kappa shape index (κ2) is 10.6. The molecule has 0 saturated carbocycles. The minimum atomic E-state index is -0.269. The van der Waals surface area contributed by atoms with Gasteiger partial charge in [0.05, 0.1) is 23.4 Å². The second-order valence-electron chi connectivity index (χ2n) is 7.40. The number of hydrogen-bond donors (Lipinski definition) is 1. The van der Waals surface area contributed by atoms with Gasteiger partial charge in [-0.15, -0.1) is 0 Å². The third-order valence-corrected chi connectivity index (χ3v) is 5.19. The summed E-state index contributed by atoms with van der Waals surface area (Å²) in [5.41, 5.74) is 1.54. The van der Waals surface area contributed by atoms with Gasteiger partial charge in [0.15, 0.2) is 0 Å². The van der Waals surface area contributed by atoms with E-state index in [-0.39, 0.29) is 11.8 Å². The van der Waals surface area contributed by atoms with Crippen molar-refractivity contribution in [3.05, 3.63) is 59.7 Å². The summed E-state index contributed by atoms with van der Waals surface area (Å²) in [5.74, 6) is 0.278. The lowest BCUT2D eigenvalue weighted by atomic mass is 10.1. The van der Waals surface area contributed by atoms with Crippen LogP contribution in [-0.4, -0.2) is 36.4 Å². The second-order valence-corrected chi connectivity index (χ2v) is 7.40. The molecule has 2 amide bonds. The van der Waals surface area contributed by atoms with Crippen molar-refractivity contribution in [3.63, 3.8) is 0 Å². The van der Waals surface area contributed by atoms with Crippen molar-refractivity contribution in [2.75, 3.05) is 25.0 Å². The van der Waals surface area contributed by atoms with Gasteiger partial charge in [-0.2, -0.15) is 0 Å². The highest BCUT2D eigenvalue weighted by Gasteiger charge is 2.22. The molecule has 2 aromatic carbocycles. The van der Waals surface area contributed by atoms with Crippen LogP contribution in [0.4, 0.5) is 5.69 Å². The summed E-state index contributed by atoms with van der Waals surface area (Å²) in [4.78, 5) is 27.8. The Morgan fingerprint density at radius 1 is 0.931 bits per heavy atom. The third-order valence-electron chi connectivity index (χ3n) is 5.19. The van der Waals surface area contributed by atoms with Crippen molar-refractivity contribution in [1.82, 2.24) is 4.90 Å². The van der Waals surface area contributed by atoms with Crippen molar-refractivity contribution in [2.45, 2.75) is 45.4 Å². The van der Waals surface area contributed by atoms with Gasteiger partial charge in [-0.05, 0) is 49.9 Å². The van der Waals surface area contributed by atoms with E-state index < -0.39 is 0 Å². The van der Waals surface area contributed by atoms with Crippen molar-refractivity contribution in [3.8, 4) is 5.75 Å². The van der Waals surface area contributed by atoms with E-state index in [2.05, 4.69) is 12.2 Å². The zero-order chi connectivity index (χ0) is 20.5. The Balaban J connectivity index is 1.74. The molecule has 0 bridgehead atoms. The van der Waals surface area contributed by atoms with E-state index in [1.165, 1.54) is 0 Å². The number of rotatable bonds is 8. The number of benzene rings is 2. The first-order valence-corrected chi connectivity index (χ1v) is 10.6. The fraction of sp³-hybridized carbons (Fsp3) is 0.417. The highest BCUT2D eigenvalue weighted by atomic mass is 16.5. The summed E-state index contributed by atoms with van der Waals surface area (Å²) in [6.45, 7) is 4.28. The van der Waals surface area contributed by atoms with Gasteiger partial charge in [-0.1, -0.05) is 44.0 Å². The van der Waals surface area contributed by atoms with E-state index >= 15 is 0 Å². The molecule has 5 heteroatoms. The van der Waals surface area contributed by atoms with Crippen molar-refractivity contribution < 1.29 is 14.3 Å². The largest absolute Gasteiger partial charge is 0.493 e. The zero-order valence-electron chi connectivity index (χ0n) is 17.2. The average Bonchev–Trinajstić information content (AvgIpc) is 2.77. The maximum atomic E-state index is 13.0. The molecule has 1 aliphatic heterocycles. The van der Waals surface area contributed by atoms with Gasteiger partial charge in [0.1, 0.15) is 5.75 Å². The fourth-order valence-electron chi connectivity index (χ4n) is 3.55. The molecule has 154 valence electrons. The molecule has 1 aliphatic rings. The van der Waals surface area contributed by atoms with Crippen molar-refractivity contribution >= 4 is 17.5 Å². The lowest BCUT2D eigenvalue weighted by Crippen LogP contribution is -2.36. The summed E-state index contributed by atoms with van der Waals surface area (Å²) in [5, 5.41) is 2.92. The van der Waals surface area contributed by atoms with Crippen LogP contribution in [0.2, 0.25) is 0 Å². The van der Waals surface area contributed by atoms with Crippen LogP contribution in [-0.2, 0) is 0 Å². The number of anilines is 1. The van der Waals surface area contributed by atoms with Crippen molar-refractivity contribution in [1.29, 1.82) is 0 Å². The van der Waals surface area contributed by atoms with Gasteiger partial charge in [0, 0.05) is 13.1 Å². The number of carbonyl (C=O) groups excluding carboxylic acids is 2. The predicted octanol–water partition coefficient (Wildman–Crippen LogP) is 5.13. The minimum absolute atomic E-state index is 0.0234. The van der Waals surface area contributed by atoms with Crippen LogP contribution in [0.25, 0.3) is 0 Å². The zero-order valence-corrected chi connectivity index (χ0v) is 17.2. The first kappa shape index (κ1) is 20.9. The van der Waals surface area contributed by atoms with Gasteiger partial charge in [-0.3, -0.25) is 9.59 Å². The van der Waals surface area contributed by atoms with Gasteiger partial charge < -0.3 is 15.0 Å². The lowest BCUT2D eigenvalue weighted by Gasteiger charge is -2.27. The molecule has 5 nitrogen and oxygen atoms in total. The maximum absolute atomic E-state index is 13.0. The van der Waals surface area contributed by atoms with E-state index in [1.807, 2.05) is 35.2 Å². The fourth-order valence-corrected chi connectivity index (χ4v) is 3.55. The van der Waals surface area contributed by atoms with E-state index in [9.17, 15) is 9.59 Å². The van der Waals surface area contributed by atoms with Crippen molar-refractivity contribution in [2.24, 2.45) is 0 Å². The van der Waals surface area contributed by atoms with Crippen LogP contribution in [0.3, 0.4) is 0 Å². The molecule has 0 aliphatic carbocycles. The molecule has 1 fully saturated rings. The molecule has 0 radical (unpaired) electrons. The standard InChI is InChI=1S/C24H30N2O3/c1-2-3-11-18-29-22-15-8-6-13-20(22)23(27)25-21-14-7-5-12-19(21)24(28)26-16-9-4-10-17-26/h5-8,12-15H,2-4,9-11,16-18H2,1H3,(H,25,27). The molecule has 0 aromatic heterocycles. The molecule has 3 rings (SSSR count). The van der Waals surface area contributed by atoms with Crippen LogP contribution < -0.4 is 10.1 Å². The Bertz CT molecular complexity index is 828. The first-order chi connectivity index (χ1) is 14.2. The first-order valence-electron chi connectivity index (χ1n) is 10.6. The SMILES string of the molecule is CCCCCOc1ccccc1C(=O)Nc1ccccc1C(=O)N1CCCCC1. The normalized spacial score (nSPS) is 13.8. The number of ether oxygens (including phenoxy) is 1. The molecule has 1 saturated heterocycles. The number of nitrogens with one attached hydrogen (secondary N) is 1. The quantitative estimate of drug-likeness (QED) is 0.631. The monoisotopic (exact) mass is 394 g/mol. The Labute approximate surface area is 173 Å². The summed E-state index contributed by atoms with van der Waals surface area (Å²) in [6, 6.07) is 14.5. The molecule has 0 unspecified atom stereocenters. The Kier molecular flexibility index (Phi) is 7.68. The van der Waals surface area contributed by atoms with E-state index in [1.54, 1.807) is 18.2 Å². The topological polar surface area (TPSA) is 58.6 Å². The predicted molar refractivity (Wildman–Crippen MR) is 116 cm³/mol. The van der Waals surface area contributed by atoms with Gasteiger partial charge in [0.25, 0.3) is 11.8 Å². The Morgan fingerprint density at radius 2 is 1.62 bits per heavy atom.